The maximum atomic E-state index is 12.9. The van der Waals surface area contributed by atoms with E-state index in [1.165, 1.54) is 12.1 Å². The summed E-state index contributed by atoms with van der Waals surface area (Å²) in [5.41, 5.74) is 0.494. The fourth-order valence-electron chi connectivity index (χ4n) is 1.34. The van der Waals surface area contributed by atoms with Gasteiger partial charge in [-0.3, -0.25) is 9.69 Å². The zero-order chi connectivity index (χ0) is 12.7. The van der Waals surface area contributed by atoms with Crippen LogP contribution in [0.1, 0.15) is 0 Å². The highest BCUT2D eigenvalue weighted by Gasteiger charge is 2.06. The Morgan fingerprint density at radius 2 is 2.29 bits per heavy atom. The van der Waals surface area contributed by atoms with E-state index in [0.29, 0.717) is 12.2 Å². The Balaban J connectivity index is 2.39. The molecule has 3 nitrogen and oxygen atoms in total. The monoisotopic (exact) mass is 256 g/mol. The summed E-state index contributed by atoms with van der Waals surface area (Å²) in [6.45, 7) is 1.18. The van der Waals surface area contributed by atoms with E-state index in [1.54, 1.807) is 23.9 Å². The van der Waals surface area contributed by atoms with E-state index in [4.69, 9.17) is 0 Å². The molecule has 0 aromatic heterocycles. The lowest BCUT2D eigenvalue weighted by Gasteiger charge is -2.15. The van der Waals surface area contributed by atoms with Gasteiger partial charge in [0.2, 0.25) is 5.91 Å². The van der Waals surface area contributed by atoms with Crippen LogP contribution < -0.4 is 5.32 Å². The number of likely N-dealkylation sites (N-methyl/N-ethyl adjacent to an activating group) is 1. The average molecular weight is 256 g/mol. The standard InChI is InChI=1S/C12H17FN2OS/c1-15(6-7-17-2)9-12(16)14-11-5-3-4-10(13)8-11/h3-5,8H,6-7,9H2,1-2H3,(H,14,16). The van der Waals surface area contributed by atoms with Gasteiger partial charge in [0.25, 0.3) is 0 Å². The number of benzene rings is 1. The molecule has 0 bridgehead atoms. The van der Waals surface area contributed by atoms with Crippen molar-refractivity contribution in [2.45, 2.75) is 0 Å². The lowest BCUT2D eigenvalue weighted by atomic mass is 10.3. The molecule has 1 aromatic carbocycles. The molecule has 0 aliphatic heterocycles. The molecule has 0 fully saturated rings. The van der Waals surface area contributed by atoms with Crippen molar-refractivity contribution in [3.63, 3.8) is 0 Å². The van der Waals surface area contributed by atoms with Gasteiger partial charge >= 0.3 is 0 Å². The van der Waals surface area contributed by atoms with E-state index in [2.05, 4.69) is 5.32 Å². The molecule has 1 amide bonds. The highest BCUT2D eigenvalue weighted by Crippen LogP contribution is 2.08. The molecule has 1 rings (SSSR count). The van der Waals surface area contributed by atoms with Gasteiger partial charge in [-0.2, -0.15) is 11.8 Å². The van der Waals surface area contributed by atoms with Crippen LogP contribution in [0.15, 0.2) is 24.3 Å². The molecule has 0 radical (unpaired) electrons. The molecular weight excluding hydrogens is 239 g/mol. The largest absolute Gasteiger partial charge is 0.325 e. The highest BCUT2D eigenvalue weighted by molar-refractivity contribution is 7.98. The highest BCUT2D eigenvalue weighted by atomic mass is 32.2. The zero-order valence-corrected chi connectivity index (χ0v) is 10.9. The van der Waals surface area contributed by atoms with Gasteiger partial charge in [0.05, 0.1) is 6.54 Å². The summed E-state index contributed by atoms with van der Waals surface area (Å²) in [7, 11) is 1.89. The van der Waals surface area contributed by atoms with Crippen molar-refractivity contribution < 1.29 is 9.18 Å². The molecule has 0 spiro atoms. The number of hydrogen-bond acceptors (Lipinski definition) is 3. The summed E-state index contributed by atoms with van der Waals surface area (Å²) in [5, 5.41) is 2.66. The number of rotatable bonds is 6. The fourth-order valence-corrected chi connectivity index (χ4v) is 1.83. The zero-order valence-electron chi connectivity index (χ0n) is 10.1. The number of carbonyl (C=O) groups excluding carboxylic acids is 1. The molecule has 5 heteroatoms. The van der Waals surface area contributed by atoms with Crippen LogP contribution >= 0.6 is 11.8 Å². The van der Waals surface area contributed by atoms with E-state index in [-0.39, 0.29) is 11.7 Å². The number of nitrogens with zero attached hydrogens (tertiary/aromatic N) is 1. The molecule has 1 aromatic rings. The van der Waals surface area contributed by atoms with Crippen molar-refractivity contribution in [2.24, 2.45) is 0 Å². The average Bonchev–Trinajstić information content (AvgIpc) is 2.26. The molecule has 0 aliphatic carbocycles. The minimum atomic E-state index is -0.349. The first-order chi connectivity index (χ1) is 8.11. The molecule has 17 heavy (non-hydrogen) atoms. The molecule has 0 saturated carbocycles. The normalized spacial score (nSPS) is 10.6. The first-order valence-electron chi connectivity index (χ1n) is 5.34. The molecule has 0 unspecified atom stereocenters. The minimum absolute atomic E-state index is 0.126. The van der Waals surface area contributed by atoms with Crippen LogP contribution in [-0.4, -0.2) is 43.0 Å². The van der Waals surface area contributed by atoms with Crippen LogP contribution in [0.25, 0.3) is 0 Å². The van der Waals surface area contributed by atoms with Crippen LogP contribution in [0.5, 0.6) is 0 Å². The van der Waals surface area contributed by atoms with Crippen molar-refractivity contribution in [3.05, 3.63) is 30.1 Å². The van der Waals surface area contributed by atoms with Crippen molar-refractivity contribution in [1.29, 1.82) is 0 Å². The Bertz CT molecular complexity index is 373. The topological polar surface area (TPSA) is 32.3 Å². The van der Waals surface area contributed by atoms with Gasteiger partial charge in [0.1, 0.15) is 5.82 Å². The number of nitrogens with one attached hydrogen (secondary N) is 1. The van der Waals surface area contributed by atoms with Crippen LogP contribution in [0.4, 0.5) is 10.1 Å². The third-order valence-electron chi connectivity index (χ3n) is 2.20. The predicted octanol–water partition coefficient (Wildman–Crippen LogP) is 2.06. The third-order valence-corrected chi connectivity index (χ3v) is 2.79. The second kappa shape index (κ2) is 7.29. The number of hydrogen-bond donors (Lipinski definition) is 1. The first-order valence-corrected chi connectivity index (χ1v) is 6.74. The predicted molar refractivity (Wildman–Crippen MR) is 70.9 cm³/mol. The third kappa shape index (κ3) is 5.70. The number of anilines is 1. The smallest absolute Gasteiger partial charge is 0.238 e. The van der Waals surface area contributed by atoms with Gasteiger partial charge in [-0.1, -0.05) is 6.07 Å². The van der Waals surface area contributed by atoms with Crippen molar-refractivity contribution >= 4 is 23.4 Å². The summed E-state index contributed by atoms with van der Waals surface area (Å²) in [4.78, 5) is 13.6. The van der Waals surface area contributed by atoms with Gasteiger partial charge < -0.3 is 5.32 Å². The van der Waals surface area contributed by atoms with Gasteiger partial charge in [0, 0.05) is 18.0 Å². The Morgan fingerprint density at radius 1 is 1.53 bits per heavy atom. The number of halogens is 1. The van der Waals surface area contributed by atoms with Crippen LogP contribution in [0.2, 0.25) is 0 Å². The van der Waals surface area contributed by atoms with Crippen molar-refractivity contribution in [2.75, 3.05) is 37.5 Å². The van der Waals surface area contributed by atoms with Gasteiger partial charge in [-0.15, -0.1) is 0 Å². The SMILES string of the molecule is CSCCN(C)CC(=O)Nc1cccc(F)c1. The number of amides is 1. The van der Waals surface area contributed by atoms with Crippen LogP contribution in [-0.2, 0) is 4.79 Å². The second-order valence-corrected chi connectivity index (χ2v) is 4.77. The quantitative estimate of drug-likeness (QED) is 0.845. The lowest BCUT2D eigenvalue weighted by molar-refractivity contribution is -0.117. The Kier molecular flexibility index (Phi) is 6.00. The minimum Gasteiger partial charge on any atom is -0.325 e. The number of thioether (sulfide) groups is 1. The second-order valence-electron chi connectivity index (χ2n) is 3.79. The Labute approximate surface area is 105 Å². The number of carbonyl (C=O) groups is 1. The van der Waals surface area contributed by atoms with E-state index in [9.17, 15) is 9.18 Å². The molecule has 1 N–H and O–H groups in total. The molecule has 0 aliphatic rings. The van der Waals surface area contributed by atoms with Gasteiger partial charge in [-0.05, 0) is 31.5 Å². The summed E-state index contributed by atoms with van der Waals surface area (Å²) in [6, 6.07) is 5.89. The first kappa shape index (κ1) is 14.0. The van der Waals surface area contributed by atoms with E-state index < -0.39 is 0 Å². The summed E-state index contributed by atoms with van der Waals surface area (Å²) < 4.78 is 12.9. The molecule has 0 saturated heterocycles. The van der Waals surface area contributed by atoms with Crippen molar-refractivity contribution in [3.8, 4) is 0 Å². The summed E-state index contributed by atoms with van der Waals surface area (Å²) in [5.74, 6) is 0.516. The lowest BCUT2D eigenvalue weighted by Crippen LogP contribution is -2.31. The molecule has 0 heterocycles. The Morgan fingerprint density at radius 3 is 2.94 bits per heavy atom. The molecular formula is C12H17FN2OS. The summed E-state index contributed by atoms with van der Waals surface area (Å²) in [6.07, 6.45) is 2.03. The van der Waals surface area contributed by atoms with Gasteiger partial charge in [0.15, 0.2) is 0 Å². The van der Waals surface area contributed by atoms with E-state index >= 15 is 0 Å². The Hall–Kier alpha value is -1.07. The van der Waals surface area contributed by atoms with E-state index in [1.807, 2.05) is 18.2 Å². The molecule has 0 atom stereocenters. The van der Waals surface area contributed by atoms with Crippen molar-refractivity contribution in [1.82, 2.24) is 4.90 Å². The summed E-state index contributed by atoms with van der Waals surface area (Å²) >= 11 is 1.74. The maximum Gasteiger partial charge on any atom is 0.238 e. The van der Waals surface area contributed by atoms with Crippen LogP contribution in [0.3, 0.4) is 0 Å². The van der Waals surface area contributed by atoms with E-state index in [0.717, 1.165) is 12.3 Å². The fraction of sp³-hybridized carbons (Fsp3) is 0.417. The maximum absolute atomic E-state index is 12.9. The molecule has 94 valence electrons. The van der Waals surface area contributed by atoms with Crippen LogP contribution in [0, 0.1) is 5.82 Å². The van der Waals surface area contributed by atoms with Gasteiger partial charge in [-0.25, -0.2) is 4.39 Å².